The van der Waals surface area contributed by atoms with Crippen LogP contribution < -0.4 is 10.2 Å². The van der Waals surface area contributed by atoms with Gasteiger partial charge in [0.1, 0.15) is 5.82 Å². The second-order valence-electron chi connectivity index (χ2n) is 6.73. The van der Waals surface area contributed by atoms with Gasteiger partial charge in [0.2, 0.25) is 0 Å². The van der Waals surface area contributed by atoms with Crippen molar-refractivity contribution in [1.82, 2.24) is 15.2 Å². The number of pyridine rings is 1. The number of aliphatic imine (C=N–C) groups is 1. The Kier molecular flexibility index (Phi) is 8.84. The van der Waals surface area contributed by atoms with E-state index in [0.717, 1.165) is 43.5 Å². The molecule has 27 heavy (non-hydrogen) atoms. The average Bonchev–Trinajstić information content (AvgIpc) is 3.21. The summed E-state index contributed by atoms with van der Waals surface area (Å²) in [4.78, 5) is 13.9. The van der Waals surface area contributed by atoms with Crippen molar-refractivity contribution in [3.05, 3.63) is 59.8 Å². The van der Waals surface area contributed by atoms with Crippen molar-refractivity contribution in [1.29, 1.82) is 0 Å². The van der Waals surface area contributed by atoms with Crippen molar-refractivity contribution in [2.45, 2.75) is 32.9 Å². The van der Waals surface area contributed by atoms with Gasteiger partial charge in [0.05, 0.1) is 6.54 Å². The molecule has 3 rings (SSSR count). The lowest BCUT2D eigenvalue weighted by Crippen LogP contribution is -2.38. The normalized spacial score (nSPS) is 14.0. The maximum Gasteiger partial charge on any atom is 0.194 e. The molecule has 0 amide bonds. The van der Waals surface area contributed by atoms with E-state index >= 15 is 0 Å². The van der Waals surface area contributed by atoms with E-state index in [1.54, 1.807) is 0 Å². The predicted molar refractivity (Wildman–Crippen MR) is 124 cm³/mol. The minimum Gasteiger partial charge on any atom is -0.357 e. The summed E-state index contributed by atoms with van der Waals surface area (Å²) in [7, 11) is 2.07. The van der Waals surface area contributed by atoms with Crippen LogP contribution in [0.1, 0.15) is 30.9 Å². The summed E-state index contributed by atoms with van der Waals surface area (Å²) >= 11 is 0. The monoisotopic (exact) mass is 479 g/mol. The summed E-state index contributed by atoms with van der Waals surface area (Å²) in [6, 6.07) is 14.7. The summed E-state index contributed by atoms with van der Waals surface area (Å²) in [6.07, 6.45) is 4.50. The minimum absolute atomic E-state index is 0. The number of nitrogens with zero attached hydrogens (tertiary/aromatic N) is 4. The number of guanidine groups is 1. The third-order valence-corrected chi connectivity index (χ3v) is 4.61. The molecule has 1 fully saturated rings. The van der Waals surface area contributed by atoms with Crippen LogP contribution in [0.25, 0.3) is 0 Å². The van der Waals surface area contributed by atoms with Crippen molar-refractivity contribution in [2.75, 3.05) is 31.6 Å². The molecule has 146 valence electrons. The van der Waals surface area contributed by atoms with Crippen LogP contribution in [0.15, 0.2) is 53.7 Å². The van der Waals surface area contributed by atoms with E-state index in [4.69, 9.17) is 4.99 Å². The molecule has 0 radical (unpaired) electrons. The first kappa shape index (κ1) is 21.5. The van der Waals surface area contributed by atoms with E-state index in [-0.39, 0.29) is 24.0 Å². The van der Waals surface area contributed by atoms with E-state index in [0.29, 0.717) is 6.54 Å². The zero-order valence-corrected chi connectivity index (χ0v) is 18.6. The minimum atomic E-state index is 0. The molecule has 5 nitrogen and oxygen atoms in total. The number of halogens is 1. The van der Waals surface area contributed by atoms with Gasteiger partial charge in [0.25, 0.3) is 0 Å². The molecule has 2 aromatic rings. The van der Waals surface area contributed by atoms with Crippen LogP contribution in [0.5, 0.6) is 0 Å². The fourth-order valence-corrected chi connectivity index (χ4v) is 3.21. The highest BCUT2D eigenvalue weighted by Crippen LogP contribution is 2.17. The molecule has 0 saturated carbocycles. The highest BCUT2D eigenvalue weighted by Gasteiger charge is 2.13. The molecule has 0 spiro atoms. The van der Waals surface area contributed by atoms with E-state index < -0.39 is 0 Å². The second kappa shape index (κ2) is 11.1. The van der Waals surface area contributed by atoms with Gasteiger partial charge < -0.3 is 15.1 Å². The number of nitrogens with one attached hydrogen (secondary N) is 1. The van der Waals surface area contributed by atoms with Crippen molar-refractivity contribution in [3.8, 4) is 0 Å². The predicted octanol–water partition coefficient (Wildman–Crippen LogP) is 3.90. The van der Waals surface area contributed by atoms with Gasteiger partial charge in [-0.3, -0.25) is 0 Å². The van der Waals surface area contributed by atoms with Gasteiger partial charge in [0.15, 0.2) is 5.96 Å². The Morgan fingerprint density at radius 3 is 2.48 bits per heavy atom. The van der Waals surface area contributed by atoms with Gasteiger partial charge in [-0.25, -0.2) is 9.98 Å². The largest absolute Gasteiger partial charge is 0.357 e. The molecule has 0 unspecified atom stereocenters. The van der Waals surface area contributed by atoms with Crippen molar-refractivity contribution < 1.29 is 0 Å². The zero-order valence-electron chi connectivity index (χ0n) is 16.3. The number of aromatic nitrogens is 1. The Hall–Kier alpha value is -1.83. The molecule has 0 atom stereocenters. The quantitative estimate of drug-likeness (QED) is 0.388. The summed E-state index contributed by atoms with van der Waals surface area (Å²) in [5, 5.41) is 3.38. The first-order valence-electron chi connectivity index (χ1n) is 9.49. The Bertz CT molecular complexity index is 696. The zero-order chi connectivity index (χ0) is 18.2. The van der Waals surface area contributed by atoms with Crippen LogP contribution in [-0.2, 0) is 13.1 Å². The standard InChI is InChI=1S/C21H29N5.HI/c1-3-22-21(25(2)17-18-9-5-4-6-10-18)24-16-19-11-12-20(23-15-19)26-13-7-8-14-26;/h4-6,9-12,15H,3,7-8,13-14,16-17H2,1-2H3,(H,22,24);1H. The lowest BCUT2D eigenvalue weighted by molar-refractivity contribution is 0.477. The molecule has 1 aromatic heterocycles. The van der Waals surface area contributed by atoms with Gasteiger partial charge in [0, 0.05) is 39.4 Å². The van der Waals surface area contributed by atoms with Crippen molar-refractivity contribution >= 4 is 35.8 Å². The molecule has 1 saturated heterocycles. The molecule has 0 aliphatic carbocycles. The van der Waals surface area contributed by atoms with Gasteiger partial charge in [-0.1, -0.05) is 36.4 Å². The van der Waals surface area contributed by atoms with Gasteiger partial charge >= 0.3 is 0 Å². The molecular weight excluding hydrogens is 449 g/mol. The van der Waals surface area contributed by atoms with Crippen molar-refractivity contribution in [2.24, 2.45) is 4.99 Å². The third kappa shape index (κ3) is 6.37. The Morgan fingerprint density at radius 2 is 1.85 bits per heavy atom. The lowest BCUT2D eigenvalue weighted by atomic mass is 10.2. The van der Waals surface area contributed by atoms with E-state index in [2.05, 4.69) is 70.5 Å². The number of benzene rings is 1. The van der Waals surface area contributed by atoms with Crippen LogP contribution >= 0.6 is 24.0 Å². The number of hydrogen-bond donors (Lipinski definition) is 1. The first-order valence-corrected chi connectivity index (χ1v) is 9.49. The third-order valence-electron chi connectivity index (χ3n) is 4.61. The Morgan fingerprint density at radius 1 is 1.11 bits per heavy atom. The number of anilines is 1. The average molecular weight is 479 g/mol. The Balaban J connectivity index is 0.00000261. The molecular formula is C21H30IN5. The van der Waals surface area contributed by atoms with Gasteiger partial charge in [-0.15, -0.1) is 24.0 Å². The molecule has 1 aromatic carbocycles. The maximum atomic E-state index is 4.78. The molecule has 1 N–H and O–H groups in total. The molecule has 0 bridgehead atoms. The van der Waals surface area contributed by atoms with Crippen LogP contribution in [0.4, 0.5) is 5.82 Å². The Labute approximate surface area is 179 Å². The highest BCUT2D eigenvalue weighted by atomic mass is 127. The van der Waals surface area contributed by atoms with Crippen LogP contribution in [0.2, 0.25) is 0 Å². The van der Waals surface area contributed by atoms with Crippen LogP contribution in [0, 0.1) is 0 Å². The van der Waals surface area contributed by atoms with Crippen molar-refractivity contribution in [3.63, 3.8) is 0 Å². The molecule has 2 heterocycles. The fraction of sp³-hybridized carbons (Fsp3) is 0.429. The van der Waals surface area contributed by atoms with E-state index in [1.807, 2.05) is 12.3 Å². The topological polar surface area (TPSA) is 43.8 Å². The fourth-order valence-electron chi connectivity index (χ4n) is 3.21. The highest BCUT2D eigenvalue weighted by molar-refractivity contribution is 14.0. The van der Waals surface area contributed by atoms with Crippen LogP contribution in [-0.4, -0.2) is 42.5 Å². The molecule has 1 aliphatic rings. The van der Waals surface area contributed by atoms with E-state index in [1.165, 1.54) is 18.4 Å². The van der Waals surface area contributed by atoms with Gasteiger partial charge in [-0.05, 0) is 37.0 Å². The number of hydrogen-bond acceptors (Lipinski definition) is 3. The van der Waals surface area contributed by atoms with Gasteiger partial charge in [-0.2, -0.15) is 0 Å². The summed E-state index contributed by atoms with van der Waals surface area (Å²) in [5.41, 5.74) is 2.41. The smallest absolute Gasteiger partial charge is 0.194 e. The first-order chi connectivity index (χ1) is 12.8. The summed E-state index contributed by atoms with van der Waals surface area (Å²) in [6.45, 7) is 6.66. The molecule has 6 heteroatoms. The lowest BCUT2D eigenvalue weighted by Gasteiger charge is -2.22. The SMILES string of the molecule is CCNC(=NCc1ccc(N2CCCC2)nc1)N(C)Cc1ccccc1.I. The van der Waals surface area contributed by atoms with E-state index in [9.17, 15) is 0 Å². The summed E-state index contributed by atoms with van der Waals surface area (Å²) < 4.78 is 0. The number of rotatable bonds is 6. The molecule has 1 aliphatic heterocycles. The summed E-state index contributed by atoms with van der Waals surface area (Å²) in [5.74, 6) is 2.00. The maximum absolute atomic E-state index is 4.78. The second-order valence-corrected chi connectivity index (χ2v) is 6.73. The van der Waals surface area contributed by atoms with Crippen LogP contribution in [0.3, 0.4) is 0 Å².